The summed E-state index contributed by atoms with van der Waals surface area (Å²) in [6.45, 7) is 0. The van der Waals surface area contributed by atoms with Gasteiger partial charge in [0.15, 0.2) is 0 Å². The first-order valence-corrected chi connectivity index (χ1v) is 10.6. The number of rotatable bonds is 5. The molecular weight excluding hydrogens is 393 g/mol. The van der Waals surface area contributed by atoms with Crippen LogP contribution < -0.4 is 5.32 Å². The number of hydrogen-bond donors (Lipinski definition) is 1. The third-order valence-corrected chi connectivity index (χ3v) is 5.54. The van der Waals surface area contributed by atoms with E-state index in [-0.39, 0.29) is 5.82 Å². The van der Waals surface area contributed by atoms with Crippen LogP contribution in [0.25, 0.3) is 33.4 Å². The van der Waals surface area contributed by atoms with Gasteiger partial charge in [0.05, 0.1) is 5.69 Å². The van der Waals surface area contributed by atoms with Crippen molar-refractivity contribution in [3.8, 4) is 33.4 Å². The number of benzene rings is 5. The Morgan fingerprint density at radius 3 is 1.47 bits per heavy atom. The lowest BCUT2D eigenvalue weighted by Crippen LogP contribution is -1.98. The molecule has 0 heterocycles. The molecule has 1 N–H and O–H groups in total. The lowest BCUT2D eigenvalue weighted by Gasteiger charge is -2.16. The quantitative estimate of drug-likeness (QED) is 0.303. The Bertz CT molecular complexity index is 1310. The number of anilines is 2. The Balaban J connectivity index is 1.54. The fourth-order valence-electron chi connectivity index (χ4n) is 3.90. The van der Waals surface area contributed by atoms with Gasteiger partial charge in [-0.25, -0.2) is 4.39 Å². The molecule has 0 atom stereocenters. The molecule has 0 amide bonds. The van der Waals surface area contributed by atoms with Crippen LogP contribution >= 0.6 is 0 Å². The van der Waals surface area contributed by atoms with Crippen LogP contribution in [-0.2, 0) is 0 Å². The van der Waals surface area contributed by atoms with Crippen LogP contribution in [0.15, 0.2) is 127 Å². The predicted octanol–water partition coefficient (Wildman–Crippen LogP) is 8.57. The third kappa shape index (κ3) is 4.17. The van der Waals surface area contributed by atoms with E-state index in [1.807, 2.05) is 91.0 Å². The van der Waals surface area contributed by atoms with Crippen molar-refractivity contribution in [3.63, 3.8) is 0 Å². The molecule has 154 valence electrons. The second-order valence-corrected chi connectivity index (χ2v) is 7.68. The van der Waals surface area contributed by atoms with Gasteiger partial charge in [0, 0.05) is 11.3 Å². The minimum atomic E-state index is -0.280. The van der Waals surface area contributed by atoms with Gasteiger partial charge in [0.25, 0.3) is 0 Å². The Morgan fingerprint density at radius 2 is 0.906 bits per heavy atom. The molecule has 0 aliphatic heterocycles. The molecule has 0 aromatic heterocycles. The summed E-state index contributed by atoms with van der Waals surface area (Å²) < 4.78 is 15.4. The molecule has 0 saturated carbocycles. The van der Waals surface area contributed by atoms with Crippen molar-refractivity contribution < 1.29 is 4.39 Å². The minimum absolute atomic E-state index is 0.280. The van der Waals surface area contributed by atoms with E-state index in [1.54, 1.807) is 6.07 Å². The summed E-state index contributed by atoms with van der Waals surface area (Å²) in [6, 6.07) is 41.8. The van der Waals surface area contributed by atoms with Gasteiger partial charge in [-0.05, 0) is 52.1 Å². The molecule has 0 saturated heterocycles. The number of nitrogens with one attached hydrogen (secondary N) is 1. The van der Waals surface area contributed by atoms with Gasteiger partial charge in [-0.2, -0.15) is 0 Å². The van der Waals surface area contributed by atoms with Crippen molar-refractivity contribution >= 4 is 11.4 Å². The fraction of sp³-hybridized carbons (Fsp3) is 0. The highest BCUT2D eigenvalue weighted by molar-refractivity contribution is 5.86. The first-order valence-electron chi connectivity index (χ1n) is 10.6. The predicted molar refractivity (Wildman–Crippen MR) is 132 cm³/mol. The van der Waals surface area contributed by atoms with Crippen LogP contribution in [0.3, 0.4) is 0 Å². The summed E-state index contributed by atoms with van der Waals surface area (Å²) in [5.41, 5.74) is 7.23. The zero-order valence-corrected chi connectivity index (χ0v) is 17.5. The third-order valence-electron chi connectivity index (χ3n) is 5.54. The molecule has 0 spiro atoms. The van der Waals surface area contributed by atoms with Crippen molar-refractivity contribution in [2.75, 3.05) is 5.32 Å². The van der Waals surface area contributed by atoms with Crippen molar-refractivity contribution in [2.45, 2.75) is 0 Å². The van der Waals surface area contributed by atoms with Gasteiger partial charge < -0.3 is 5.32 Å². The zero-order chi connectivity index (χ0) is 21.8. The average molecular weight is 416 g/mol. The van der Waals surface area contributed by atoms with Crippen LogP contribution in [0.4, 0.5) is 15.8 Å². The van der Waals surface area contributed by atoms with Crippen LogP contribution in [0.2, 0.25) is 0 Å². The van der Waals surface area contributed by atoms with Crippen LogP contribution in [-0.4, -0.2) is 0 Å². The largest absolute Gasteiger partial charge is 0.353 e. The van der Waals surface area contributed by atoms with Crippen LogP contribution in [0, 0.1) is 5.82 Å². The van der Waals surface area contributed by atoms with Crippen molar-refractivity contribution in [3.05, 3.63) is 133 Å². The van der Waals surface area contributed by atoms with E-state index in [2.05, 4.69) is 35.6 Å². The molecule has 5 rings (SSSR count). The minimum Gasteiger partial charge on any atom is -0.353 e. The summed E-state index contributed by atoms with van der Waals surface area (Å²) in [5, 5.41) is 3.32. The molecule has 0 bridgehead atoms. The number of hydrogen-bond acceptors (Lipinski definition) is 1. The highest BCUT2D eigenvalue weighted by Crippen LogP contribution is 2.37. The first-order chi connectivity index (χ1) is 15.8. The van der Waals surface area contributed by atoms with Gasteiger partial charge >= 0.3 is 0 Å². The molecule has 1 nitrogen and oxygen atoms in total. The first kappa shape index (κ1) is 19.8. The Kier molecular flexibility index (Phi) is 5.50. The van der Waals surface area contributed by atoms with Gasteiger partial charge in [0.1, 0.15) is 5.82 Å². The monoisotopic (exact) mass is 415 g/mol. The summed E-state index contributed by atoms with van der Waals surface area (Å²) in [6.07, 6.45) is 0. The van der Waals surface area contributed by atoms with E-state index in [1.165, 1.54) is 0 Å². The molecule has 0 fully saturated rings. The normalized spacial score (nSPS) is 10.7. The smallest absolute Gasteiger partial charge is 0.147 e. The maximum Gasteiger partial charge on any atom is 0.147 e. The molecule has 5 aromatic rings. The Hall–Kier alpha value is -4.17. The van der Waals surface area contributed by atoms with E-state index in [0.717, 1.165) is 39.1 Å². The molecule has 2 heteroatoms. The zero-order valence-electron chi connectivity index (χ0n) is 17.5. The van der Waals surface area contributed by atoms with Crippen molar-refractivity contribution in [2.24, 2.45) is 0 Å². The summed E-state index contributed by atoms with van der Waals surface area (Å²) in [5.74, 6) is -0.280. The highest BCUT2D eigenvalue weighted by Gasteiger charge is 2.14. The molecule has 5 aromatic carbocycles. The number of halogens is 1. The fourth-order valence-corrected chi connectivity index (χ4v) is 3.90. The molecule has 0 unspecified atom stereocenters. The van der Waals surface area contributed by atoms with Crippen LogP contribution in [0.1, 0.15) is 0 Å². The topological polar surface area (TPSA) is 12.0 Å². The second-order valence-electron chi connectivity index (χ2n) is 7.68. The maximum atomic E-state index is 15.4. The van der Waals surface area contributed by atoms with Crippen LogP contribution in [0.5, 0.6) is 0 Å². The van der Waals surface area contributed by atoms with Gasteiger partial charge in [0.2, 0.25) is 0 Å². The lowest BCUT2D eigenvalue weighted by atomic mass is 9.96. The van der Waals surface area contributed by atoms with Crippen molar-refractivity contribution in [1.29, 1.82) is 0 Å². The summed E-state index contributed by atoms with van der Waals surface area (Å²) >= 11 is 0. The molecule has 0 aliphatic carbocycles. The Labute approximate surface area is 187 Å². The second kappa shape index (κ2) is 8.91. The van der Waals surface area contributed by atoms with E-state index in [9.17, 15) is 0 Å². The lowest BCUT2D eigenvalue weighted by molar-refractivity contribution is 0.633. The standard InChI is InChI=1S/C30H22FN/c31-29-21-26(23-12-6-2-7-13-23)20-28(25-14-8-3-9-15-25)30(29)32-27-18-16-24(17-19-27)22-10-4-1-5-11-22/h1-21,32H. The van der Waals surface area contributed by atoms with E-state index in [0.29, 0.717) is 5.69 Å². The SMILES string of the molecule is Fc1cc(-c2ccccc2)cc(-c2ccccc2)c1Nc1ccc(-c2ccccc2)cc1. The van der Waals surface area contributed by atoms with Gasteiger partial charge in [-0.15, -0.1) is 0 Å². The summed E-state index contributed by atoms with van der Waals surface area (Å²) in [4.78, 5) is 0. The van der Waals surface area contributed by atoms with E-state index in [4.69, 9.17) is 0 Å². The van der Waals surface area contributed by atoms with E-state index < -0.39 is 0 Å². The van der Waals surface area contributed by atoms with Gasteiger partial charge in [-0.3, -0.25) is 0 Å². The summed E-state index contributed by atoms with van der Waals surface area (Å²) in [7, 11) is 0. The van der Waals surface area contributed by atoms with E-state index >= 15 is 4.39 Å². The molecule has 0 radical (unpaired) electrons. The van der Waals surface area contributed by atoms with Crippen molar-refractivity contribution in [1.82, 2.24) is 0 Å². The molecule has 32 heavy (non-hydrogen) atoms. The molecular formula is C30H22FN. The highest BCUT2D eigenvalue weighted by atomic mass is 19.1. The molecule has 0 aliphatic rings. The Morgan fingerprint density at radius 1 is 0.438 bits per heavy atom. The average Bonchev–Trinajstić information content (AvgIpc) is 2.87. The maximum absolute atomic E-state index is 15.4. The van der Waals surface area contributed by atoms with Gasteiger partial charge in [-0.1, -0.05) is 103 Å².